The smallest absolute Gasteiger partial charge is 0.268 e. The summed E-state index contributed by atoms with van der Waals surface area (Å²) in [5, 5.41) is 10.3. The fourth-order valence-corrected chi connectivity index (χ4v) is 5.61. The van der Waals surface area contributed by atoms with Gasteiger partial charge >= 0.3 is 0 Å². The van der Waals surface area contributed by atoms with Crippen LogP contribution in [-0.2, 0) is 10.0 Å². The van der Waals surface area contributed by atoms with E-state index in [1.807, 2.05) is 6.07 Å². The number of benzene rings is 3. The Balaban J connectivity index is 1.85. The van der Waals surface area contributed by atoms with Crippen LogP contribution in [0.15, 0.2) is 77.7 Å². The second-order valence-electron chi connectivity index (χ2n) is 8.42. The molecule has 0 saturated carbocycles. The highest BCUT2D eigenvalue weighted by molar-refractivity contribution is 7.93. The lowest BCUT2D eigenvalue weighted by molar-refractivity contribution is 0.137. The van der Waals surface area contributed by atoms with Crippen molar-refractivity contribution in [3.8, 4) is 11.8 Å². The van der Waals surface area contributed by atoms with E-state index in [9.17, 15) is 8.42 Å². The first-order chi connectivity index (χ1) is 17.8. The molecule has 9 heteroatoms. The van der Waals surface area contributed by atoms with Gasteiger partial charge in [-0.25, -0.2) is 12.7 Å². The van der Waals surface area contributed by atoms with Crippen LogP contribution >= 0.6 is 11.6 Å². The van der Waals surface area contributed by atoms with Crippen molar-refractivity contribution in [1.29, 1.82) is 5.26 Å². The van der Waals surface area contributed by atoms with Crippen LogP contribution in [0.1, 0.15) is 25.1 Å². The van der Waals surface area contributed by atoms with Gasteiger partial charge in [-0.15, -0.1) is 0 Å². The Hall–Kier alpha value is -3.64. The first kappa shape index (κ1) is 26.4. The molecule has 0 aliphatic rings. The van der Waals surface area contributed by atoms with Crippen LogP contribution in [-0.4, -0.2) is 38.1 Å². The molecule has 4 rings (SSSR count). The Kier molecular flexibility index (Phi) is 7.98. The van der Waals surface area contributed by atoms with Gasteiger partial charge in [0.2, 0.25) is 0 Å². The van der Waals surface area contributed by atoms with E-state index in [0.29, 0.717) is 51.0 Å². The van der Waals surface area contributed by atoms with E-state index in [0.717, 1.165) is 13.1 Å². The number of hydrogen-bond acceptors (Lipinski definition) is 6. The van der Waals surface area contributed by atoms with Gasteiger partial charge in [0.05, 0.1) is 33.4 Å². The predicted molar refractivity (Wildman–Crippen MR) is 147 cm³/mol. The average molecular weight is 535 g/mol. The van der Waals surface area contributed by atoms with Crippen LogP contribution in [0, 0.1) is 18.3 Å². The molecule has 7 nitrogen and oxygen atoms in total. The third-order valence-corrected chi connectivity index (χ3v) is 7.99. The predicted octanol–water partition coefficient (Wildman–Crippen LogP) is 6.27. The molecule has 0 spiro atoms. The second-order valence-corrected chi connectivity index (χ2v) is 10.6. The zero-order chi connectivity index (χ0) is 26.6. The number of anilines is 2. The van der Waals surface area contributed by atoms with Crippen molar-refractivity contribution in [2.45, 2.75) is 25.7 Å². The molecule has 1 heterocycles. The van der Waals surface area contributed by atoms with Crippen molar-refractivity contribution < 1.29 is 13.2 Å². The summed E-state index contributed by atoms with van der Waals surface area (Å²) in [6.45, 7) is 8.11. The lowest BCUT2D eigenvalue weighted by atomic mass is 10.1. The number of rotatable bonds is 9. The summed E-state index contributed by atoms with van der Waals surface area (Å²) in [7, 11) is -4.08. The minimum Gasteiger partial charge on any atom is -0.478 e. The lowest BCUT2D eigenvalue weighted by Crippen LogP contribution is -2.28. The average Bonchev–Trinajstić information content (AvgIpc) is 2.89. The van der Waals surface area contributed by atoms with Crippen molar-refractivity contribution in [1.82, 2.24) is 9.88 Å². The number of aryl methyl sites for hydroxylation is 1. The standard InChI is InChI=1S/C28H27ClN4O3S/c1-4-32(5-2)19-36-24-11-9-23(10-12-24)33(37(34,35)25-13-6-21(18-30)7-14-25)28-16-20(3)31-27-17-22(29)8-15-26(27)28/h6-17H,4-5,19H2,1-3H3. The van der Waals surface area contributed by atoms with Crippen molar-refractivity contribution >= 4 is 43.9 Å². The summed E-state index contributed by atoms with van der Waals surface area (Å²) in [6.07, 6.45) is 0. The molecule has 0 aliphatic carbocycles. The van der Waals surface area contributed by atoms with Crippen LogP contribution < -0.4 is 9.04 Å². The first-order valence-corrected chi connectivity index (χ1v) is 13.7. The number of sulfonamides is 1. The van der Waals surface area contributed by atoms with E-state index in [1.165, 1.54) is 28.6 Å². The molecule has 1 aromatic heterocycles. The van der Waals surface area contributed by atoms with Gasteiger partial charge in [0, 0.05) is 16.1 Å². The summed E-state index contributed by atoms with van der Waals surface area (Å²) in [6, 6.07) is 21.8. The molecule has 0 saturated heterocycles. The Morgan fingerprint density at radius 2 is 1.65 bits per heavy atom. The largest absolute Gasteiger partial charge is 0.478 e. The monoisotopic (exact) mass is 534 g/mol. The van der Waals surface area contributed by atoms with E-state index in [2.05, 4.69) is 23.7 Å². The molecular weight excluding hydrogens is 508 g/mol. The van der Waals surface area contributed by atoms with Crippen molar-refractivity contribution in [2.75, 3.05) is 24.1 Å². The summed E-state index contributed by atoms with van der Waals surface area (Å²) >= 11 is 6.21. The molecule has 0 atom stereocenters. The highest BCUT2D eigenvalue weighted by Crippen LogP contribution is 2.38. The molecule has 0 aliphatic heterocycles. The summed E-state index contributed by atoms with van der Waals surface area (Å²) in [4.78, 5) is 6.75. The van der Waals surface area contributed by atoms with Gasteiger partial charge < -0.3 is 4.74 Å². The molecule has 0 radical (unpaired) electrons. The fraction of sp³-hybridized carbons (Fsp3) is 0.214. The molecular formula is C28H27ClN4O3S. The van der Waals surface area contributed by atoms with Crippen molar-refractivity contribution in [3.05, 3.63) is 89.1 Å². The van der Waals surface area contributed by atoms with Crippen LogP contribution in [0.25, 0.3) is 10.9 Å². The van der Waals surface area contributed by atoms with E-state index < -0.39 is 10.0 Å². The van der Waals surface area contributed by atoms with Gasteiger partial charge in [-0.3, -0.25) is 9.88 Å². The minimum atomic E-state index is -4.08. The number of nitrogens with zero attached hydrogens (tertiary/aromatic N) is 4. The normalized spacial score (nSPS) is 11.5. The Labute approximate surface area is 222 Å². The molecule has 0 N–H and O–H groups in total. The van der Waals surface area contributed by atoms with Crippen LogP contribution in [0.5, 0.6) is 5.75 Å². The van der Waals surface area contributed by atoms with Gasteiger partial charge in [0.15, 0.2) is 0 Å². The first-order valence-electron chi connectivity index (χ1n) is 11.8. The number of halogens is 1. The maximum Gasteiger partial charge on any atom is 0.268 e. The van der Waals surface area contributed by atoms with E-state index >= 15 is 0 Å². The number of fused-ring (bicyclic) bond motifs is 1. The summed E-state index contributed by atoms with van der Waals surface area (Å²) in [5.74, 6) is 0.633. The molecule has 190 valence electrons. The SMILES string of the molecule is CCN(CC)COc1ccc(N(c2cc(C)nc3cc(Cl)ccc23)S(=O)(=O)c2ccc(C#N)cc2)cc1. The minimum absolute atomic E-state index is 0.0601. The van der Waals surface area contributed by atoms with Gasteiger partial charge in [-0.2, -0.15) is 5.26 Å². The number of hydrogen-bond donors (Lipinski definition) is 0. The van der Waals surface area contributed by atoms with Gasteiger partial charge in [-0.1, -0.05) is 25.4 Å². The van der Waals surface area contributed by atoms with E-state index in [4.69, 9.17) is 21.6 Å². The highest BCUT2D eigenvalue weighted by atomic mass is 35.5. The third kappa shape index (κ3) is 5.70. The highest BCUT2D eigenvalue weighted by Gasteiger charge is 2.29. The number of nitriles is 1. The quantitative estimate of drug-likeness (QED) is 0.235. The zero-order valence-corrected chi connectivity index (χ0v) is 22.4. The number of aromatic nitrogens is 1. The molecule has 37 heavy (non-hydrogen) atoms. The van der Waals surface area contributed by atoms with Gasteiger partial charge in [0.1, 0.15) is 12.5 Å². The lowest BCUT2D eigenvalue weighted by Gasteiger charge is -2.26. The van der Waals surface area contributed by atoms with Crippen LogP contribution in [0.2, 0.25) is 5.02 Å². The Bertz CT molecular complexity index is 1540. The van der Waals surface area contributed by atoms with Crippen molar-refractivity contribution in [3.63, 3.8) is 0 Å². The summed E-state index contributed by atoms with van der Waals surface area (Å²) < 4.78 is 35.4. The second kappa shape index (κ2) is 11.2. The molecule has 3 aromatic carbocycles. The molecule has 4 aromatic rings. The molecule has 0 fully saturated rings. The van der Waals surface area contributed by atoms with Gasteiger partial charge in [-0.05, 0) is 92.8 Å². The van der Waals surface area contributed by atoms with E-state index in [-0.39, 0.29) is 4.90 Å². The topological polar surface area (TPSA) is 86.5 Å². The summed E-state index contributed by atoms with van der Waals surface area (Å²) in [5.41, 5.74) is 2.48. The van der Waals surface area contributed by atoms with Gasteiger partial charge in [0.25, 0.3) is 10.0 Å². The third-order valence-electron chi connectivity index (χ3n) is 6.00. The molecule has 0 amide bonds. The maximum absolute atomic E-state index is 14.1. The van der Waals surface area contributed by atoms with Crippen LogP contribution in [0.3, 0.4) is 0 Å². The maximum atomic E-state index is 14.1. The van der Waals surface area contributed by atoms with Crippen LogP contribution in [0.4, 0.5) is 11.4 Å². The Morgan fingerprint density at radius 3 is 2.27 bits per heavy atom. The Morgan fingerprint density at radius 1 is 0.973 bits per heavy atom. The fourth-order valence-electron chi connectivity index (χ4n) is 3.94. The number of ether oxygens (including phenoxy) is 1. The molecule has 0 bridgehead atoms. The molecule has 0 unspecified atom stereocenters. The van der Waals surface area contributed by atoms with E-state index in [1.54, 1.807) is 55.5 Å². The van der Waals surface area contributed by atoms with Crippen molar-refractivity contribution in [2.24, 2.45) is 0 Å². The zero-order valence-electron chi connectivity index (χ0n) is 20.8. The number of pyridine rings is 1.